The Morgan fingerprint density at radius 2 is 2.10 bits per heavy atom. The summed E-state index contributed by atoms with van der Waals surface area (Å²) in [6, 6.07) is -0.00926. The highest BCUT2D eigenvalue weighted by molar-refractivity contribution is 4.94. The first-order valence-electron chi connectivity index (χ1n) is 3.56. The molecule has 10 heavy (non-hydrogen) atoms. The maximum atomic E-state index is 5.70. The largest absolute Gasteiger partial charge is 0.500 e. The summed E-state index contributed by atoms with van der Waals surface area (Å²) in [6.07, 6.45) is 0.937. The fourth-order valence-corrected chi connectivity index (χ4v) is 0.791. The van der Waals surface area contributed by atoms with Crippen LogP contribution in [0.5, 0.6) is 0 Å². The quantitative estimate of drug-likeness (QED) is 0.605. The van der Waals surface area contributed by atoms with Crippen LogP contribution in [0.1, 0.15) is 20.3 Å². The maximum absolute atomic E-state index is 5.70. The number of hydrogen-bond donors (Lipinski definition) is 1. The van der Waals surface area contributed by atoms with Gasteiger partial charge in [0.25, 0.3) is 0 Å². The molecule has 0 aliphatic rings. The third kappa shape index (κ3) is 3.51. The van der Waals surface area contributed by atoms with Gasteiger partial charge in [-0.2, -0.15) is 0 Å². The van der Waals surface area contributed by atoms with Crippen molar-refractivity contribution in [2.24, 2.45) is 11.7 Å². The second-order valence-electron chi connectivity index (χ2n) is 2.91. The zero-order valence-electron chi connectivity index (χ0n) is 7.05. The van der Waals surface area contributed by atoms with Crippen LogP contribution in [0.25, 0.3) is 0 Å². The summed E-state index contributed by atoms with van der Waals surface area (Å²) in [5, 5.41) is 0. The minimum absolute atomic E-state index is 0.00926. The molecular formula is C8H17NO. The molecule has 0 saturated carbocycles. The predicted octanol–water partition coefficient (Wildman–Crippen LogP) is 1.52. The molecule has 0 unspecified atom stereocenters. The first-order chi connectivity index (χ1) is 4.57. The molecule has 0 aromatic heterocycles. The van der Waals surface area contributed by atoms with E-state index in [9.17, 15) is 0 Å². The molecule has 0 saturated heterocycles. The van der Waals surface area contributed by atoms with Crippen LogP contribution in [0.2, 0.25) is 0 Å². The van der Waals surface area contributed by atoms with Crippen LogP contribution < -0.4 is 5.73 Å². The number of ether oxygens (including phenoxy) is 1. The van der Waals surface area contributed by atoms with E-state index in [0.717, 1.165) is 6.42 Å². The fraction of sp³-hybridized carbons (Fsp3) is 0.750. The molecule has 0 aromatic rings. The Labute approximate surface area is 63.1 Å². The maximum Gasteiger partial charge on any atom is 0.105 e. The third-order valence-electron chi connectivity index (χ3n) is 1.40. The average molecular weight is 143 g/mol. The standard InChI is InChI=1S/C8H17NO/c1-6(2)5-8(9)7(3)10-4/h6,8H,3,5,9H2,1-2,4H3/t8-/m0/s1. The smallest absolute Gasteiger partial charge is 0.105 e. The van der Waals surface area contributed by atoms with Gasteiger partial charge in [-0.25, -0.2) is 0 Å². The van der Waals surface area contributed by atoms with Crippen molar-refractivity contribution in [3.63, 3.8) is 0 Å². The van der Waals surface area contributed by atoms with Gasteiger partial charge < -0.3 is 10.5 Å². The zero-order chi connectivity index (χ0) is 8.15. The topological polar surface area (TPSA) is 35.2 Å². The van der Waals surface area contributed by atoms with E-state index in [0.29, 0.717) is 11.7 Å². The summed E-state index contributed by atoms with van der Waals surface area (Å²) in [4.78, 5) is 0. The van der Waals surface area contributed by atoms with Crippen LogP contribution in [0.4, 0.5) is 0 Å². The van der Waals surface area contributed by atoms with E-state index in [2.05, 4.69) is 20.4 Å². The van der Waals surface area contributed by atoms with Crippen molar-refractivity contribution < 1.29 is 4.74 Å². The van der Waals surface area contributed by atoms with Crippen LogP contribution in [0.3, 0.4) is 0 Å². The van der Waals surface area contributed by atoms with E-state index < -0.39 is 0 Å². The second-order valence-corrected chi connectivity index (χ2v) is 2.91. The molecule has 60 valence electrons. The van der Waals surface area contributed by atoms with Crippen LogP contribution in [0.15, 0.2) is 12.3 Å². The highest BCUT2D eigenvalue weighted by atomic mass is 16.5. The van der Waals surface area contributed by atoms with E-state index >= 15 is 0 Å². The fourth-order valence-electron chi connectivity index (χ4n) is 0.791. The van der Waals surface area contributed by atoms with Crippen molar-refractivity contribution >= 4 is 0 Å². The Balaban J connectivity index is 3.61. The van der Waals surface area contributed by atoms with E-state index in [1.807, 2.05) is 0 Å². The molecule has 0 aromatic carbocycles. The van der Waals surface area contributed by atoms with Crippen LogP contribution in [-0.2, 0) is 4.74 Å². The summed E-state index contributed by atoms with van der Waals surface area (Å²) in [6.45, 7) is 7.93. The van der Waals surface area contributed by atoms with Gasteiger partial charge in [-0.05, 0) is 12.3 Å². The van der Waals surface area contributed by atoms with Crippen molar-refractivity contribution in [2.45, 2.75) is 26.3 Å². The number of methoxy groups -OCH3 is 1. The minimum atomic E-state index is -0.00926. The van der Waals surface area contributed by atoms with Gasteiger partial charge >= 0.3 is 0 Å². The number of hydrogen-bond acceptors (Lipinski definition) is 2. The first kappa shape index (κ1) is 9.50. The number of rotatable bonds is 4. The molecule has 0 aliphatic heterocycles. The molecular weight excluding hydrogens is 126 g/mol. The highest BCUT2D eigenvalue weighted by Crippen LogP contribution is 2.08. The van der Waals surface area contributed by atoms with Crippen molar-refractivity contribution in [1.29, 1.82) is 0 Å². The van der Waals surface area contributed by atoms with Crippen molar-refractivity contribution in [3.8, 4) is 0 Å². The molecule has 0 bridgehead atoms. The molecule has 2 heteroatoms. The predicted molar refractivity (Wildman–Crippen MR) is 43.6 cm³/mol. The molecule has 2 N–H and O–H groups in total. The van der Waals surface area contributed by atoms with E-state index in [4.69, 9.17) is 10.5 Å². The van der Waals surface area contributed by atoms with Gasteiger partial charge in [-0.15, -0.1) is 0 Å². The lowest BCUT2D eigenvalue weighted by Gasteiger charge is -2.14. The van der Waals surface area contributed by atoms with Crippen molar-refractivity contribution in [3.05, 3.63) is 12.3 Å². The molecule has 1 atom stereocenters. The summed E-state index contributed by atoms with van der Waals surface area (Å²) >= 11 is 0. The Morgan fingerprint density at radius 3 is 2.40 bits per heavy atom. The molecule has 0 aliphatic carbocycles. The van der Waals surface area contributed by atoms with Gasteiger partial charge in [0, 0.05) is 0 Å². The summed E-state index contributed by atoms with van der Waals surface area (Å²) < 4.78 is 4.89. The lowest BCUT2D eigenvalue weighted by atomic mass is 10.0. The second kappa shape index (κ2) is 4.34. The molecule has 2 nitrogen and oxygen atoms in total. The van der Waals surface area contributed by atoms with Crippen LogP contribution >= 0.6 is 0 Å². The van der Waals surface area contributed by atoms with Gasteiger partial charge in [0.1, 0.15) is 5.76 Å². The molecule has 0 spiro atoms. The SMILES string of the molecule is C=C(OC)[C@@H](N)CC(C)C. The summed E-state index contributed by atoms with van der Waals surface area (Å²) in [7, 11) is 1.60. The lowest BCUT2D eigenvalue weighted by Crippen LogP contribution is -2.24. The van der Waals surface area contributed by atoms with Crippen molar-refractivity contribution in [1.82, 2.24) is 0 Å². The van der Waals surface area contributed by atoms with Gasteiger partial charge in [0.2, 0.25) is 0 Å². The molecule has 0 radical (unpaired) electrons. The zero-order valence-corrected chi connectivity index (χ0v) is 7.05. The molecule has 0 heterocycles. The van der Waals surface area contributed by atoms with E-state index in [1.165, 1.54) is 0 Å². The third-order valence-corrected chi connectivity index (χ3v) is 1.40. The number of nitrogens with two attached hydrogens (primary N) is 1. The Bertz CT molecular complexity index is 110. The summed E-state index contributed by atoms with van der Waals surface area (Å²) in [5.74, 6) is 1.27. The van der Waals surface area contributed by atoms with Crippen LogP contribution in [-0.4, -0.2) is 13.2 Å². The average Bonchev–Trinajstić information content (AvgIpc) is 1.85. The normalized spacial score (nSPS) is 13.3. The molecule has 0 amide bonds. The van der Waals surface area contributed by atoms with Gasteiger partial charge in [0.05, 0.1) is 13.2 Å². The molecule has 0 rings (SSSR count). The van der Waals surface area contributed by atoms with Crippen molar-refractivity contribution in [2.75, 3.05) is 7.11 Å². The van der Waals surface area contributed by atoms with E-state index in [-0.39, 0.29) is 6.04 Å². The van der Waals surface area contributed by atoms with Crippen LogP contribution in [0, 0.1) is 5.92 Å². The lowest BCUT2D eigenvalue weighted by molar-refractivity contribution is 0.256. The first-order valence-corrected chi connectivity index (χ1v) is 3.56. The van der Waals surface area contributed by atoms with Gasteiger partial charge in [-0.3, -0.25) is 0 Å². The summed E-state index contributed by atoms with van der Waals surface area (Å²) in [5.41, 5.74) is 5.70. The monoisotopic (exact) mass is 143 g/mol. The minimum Gasteiger partial charge on any atom is -0.500 e. The molecule has 0 fully saturated rings. The van der Waals surface area contributed by atoms with Gasteiger partial charge in [-0.1, -0.05) is 20.4 Å². The van der Waals surface area contributed by atoms with Gasteiger partial charge in [0.15, 0.2) is 0 Å². The Kier molecular flexibility index (Phi) is 4.12. The Hall–Kier alpha value is -0.500. The highest BCUT2D eigenvalue weighted by Gasteiger charge is 2.08. The van der Waals surface area contributed by atoms with E-state index in [1.54, 1.807) is 7.11 Å². The Morgan fingerprint density at radius 1 is 1.60 bits per heavy atom.